The Kier molecular flexibility index (Phi) is 4.49. The van der Waals surface area contributed by atoms with Crippen molar-refractivity contribution in [1.29, 1.82) is 0 Å². The van der Waals surface area contributed by atoms with Crippen molar-refractivity contribution in [2.24, 2.45) is 0 Å². The Labute approximate surface area is 106 Å². The van der Waals surface area contributed by atoms with Crippen molar-refractivity contribution >= 4 is 39.1 Å². The smallest absolute Gasteiger partial charge is 0.326 e. The first-order valence-electron chi connectivity index (χ1n) is 4.75. The SMILES string of the molecule is CC[C@@H](NC(=O)c1cc(C)c(Br)s1)C(=O)O. The van der Waals surface area contributed by atoms with E-state index in [0.717, 1.165) is 9.35 Å². The topological polar surface area (TPSA) is 66.4 Å². The summed E-state index contributed by atoms with van der Waals surface area (Å²) in [6.07, 6.45) is 0.368. The highest BCUT2D eigenvalue weighted by atomic mass is 79.9. The molecule has 88 valence electrons. The lowest BCUT2D eigenvalue weighted by molar-refractivity contribution is -0.139. The van der Waals surface area contributed by atoms with Crippen LogP contribution in [0.15, 0.2) is 9.85 Å². The second-order valence-electron chi connectivity index (χ2n) is 3.34. The van der Waals surface area contributed by atoms with E-state index in [1.54, 1.807) is 13.0 Å². The molecule has 0 aliphatic carbocycles. The molecule has 1 heterocycles. The first-order chi connectivity index (χ1) is 7.45. The Morgan fingerprint density at radius 1 is 1.62 bits per heavy atom. The molecule has 0 radical (unpaired) electrons. The van der Waals surface area contributed by atoms with Gasteiger partial charge in [-0.05, 0) is 40.9 Å². The van der Waals surface area contributed by atoms with Gasteiger partial charge >= 0.3 is 5.97 Å². The van der Waals surface area contributed by atoms with Crippen molar-refractivity contribution in [3.05, 3.63) is 20.3 Å². The molecule has 0 saturated heterocycles. The van der Waals surface area contributed by atoms with Crippen LogP contribution in [-0.2, 0) is 4.79 Å². The van der Waals surface area contributed by atoms with Gasteiger partial charge in [-0.2, -0.15) is 0 Å². The summed E-state index contributed by atoms with van der Waals surface area (Å²) < 4.78 is 0.890. The van der Waals surface area contributed by atoms with E-state index in [1.807, 2.05) is 6.92 Å². The Balaban J connectivity index is 2.75. The van der Waals surface area contributed by atoms with Crippen molar-refractivity contribution < 1.29 is 14.7 Å². The number of carbonyl (C=O) groups is 2. The average molecular weight is 306 g/mol. The van der Waals surface area contributed by atoms with Crippen LogP contribution in [0.2, 0.25) is 0 Å². The number of amides is 1. The van der Waals surface area contributed by atoms with Gasteiger partial charge in [-0.1, -0.05) is 6.92 Å². The predicted molar refractivity (Wildman–Crippen MR) is 65.9 cm³/mol. The third kappa shape index (κ3) is 3.05. The van der Waals surface area contributed by atoms with E-state index in [-0.39, 0.29) is 5.91 Å². The zero-order valence-electron chi connectivity index (χ0n) is 8.91. The lowest BCUT2D eigenvalue weighted by Crippen LogP contribution is -2.39. The summed E-state index contributed by atoms with van der Waals surface area (Å²) in [5, 5.41) is 11.3. The van der Waals surface area contributed by atoms with Crippen LogP contribution in [0.3, 0.4) is 0 Å². The maximum Gasteiger partial charge on any atom is 0.326 e. The third-order valence-corrected chi connectivity index (χ3v) is 4.23. The molecule has 1 aromatic heterocycles. The molecule has 0 bridgehead atoms. The monoisotopic (exact) mass is 305 g/mol. The van der Waals surface area contributed by atoms with Gasteiger partial charge in [0.1, 0.15) is 6.04 Å². The zero-order chi connectivity index (χ0) is 12.3. The standard InChI is InChI=1S/C10H12BrNO3S/c1-3-6(10(14)15)12-9(13)7-4-5(2)8(11)16-7/h4,6H,3H2,1-2H3,(H,12,13)(H,14,15)/t6-/m1/s1. The largest absolute Gasteiger partial charge is 0.480 e. The quantitative estimate of drug-likeness (QED) is 0.897. The van der Waals surface area contributed by atoms with E-state index in [9.17, 15) is 9.59 Å². The second kappa shape index (κ2) is 5.45. The number of aryl methyl sites for hydroxylation is 1. The average Bonchev–Trinajstić information content (AvgIpc) is 2.55. The van der Waals surface area contributed by atoms with Crippen molar-refractivity contribution in [3.63, 3.8) is 0 Å². The maximum atomic E-state index is 11.7. The predicted octanol–water partition coefficient (Wildman–Crippen LogP) is 2.41. The van der Waals surface area contributed by atoms with Gasteiger partial charge in [0.05, 0.1) is 8.66 Å². The van der Waals surface area contributed by atoms with Crippen LogP contribution >= 0.6 is 27.3 Å². The number of thiophene rings is 1. The van der Waals surface area contributed by atoms with E-state index in [1.165, 1.54) is 11.3 Å². The number of hydrogen-bond donors (Lipinski definition) is 2. The van der Waals surface area contributed by atoms with Crippen LogP contribution in [0.5, 0.6) is 0 Å². The molecule has 0 spiro atoms. The number of rotatable bonds is 4. The highest BCUT2D eigenvalue weighted by Gasteiger charge is 2.19. The van der Waals surface area contributed by atoms with Gasteiger partial charge in [-0.15, -0.1) is 11.3 Å². The summed E-state index contributed by atoms with van der Waals surface area (Å²) in [6.45, 7) is 3.60. The van der Waals surface area contributed by atoms with E-state index in [4.69, 9.17) is 5.11 Å². The second-order valence-corrected chi connectivity index (χ2v) is 5.71. The highest BCUT2D eigenvalue weighted by molar-refractivity contribution is 9.11. The van der Waals surface area contributed by atoms with Gasteiger partial charge < -0.3 is 10.4 Å². The molecule has 0 aliphatic rings. The van der Waals surface area contributed by atoms with E-state index in [0.29, 0.717) is 11.3 Å². The molecule has 0 unspecified atom stereocenters. The van der Waals surface area contributed by atoms with Crippen LogP contribution in [0, 0.1) is 6.92 Å². The molecule has 4 nitrogen and oxygen atoms in total. The van der Waals surface area contributed by atoms with E-state index < -0.39 is 12.0 Å². The first kappa shape index (κ1) is 13.2. The molecule has 1 atom stereocenters. The molecule has 0 fully saturated rings. The minimum atomic E-state index is -1.01. The van der Waals surface area contributed by atoms with Crippen LogP contribution in [0.1, 0.15) is 28.6 Å². The van der Waals surface area contributed by atoms with Gasteiger partial charge in [0.15, 0.2) is 0 Å². The Morgan fingerprint density at radius 3 is 2.62 bits per heavy atom. The Bertz CT molecular complexity index is 397. The molecule has 1 rings (SSSR count). The number of carboxylic acid groups (broad SMARTS) is 1. The van der Waals surface area contributed by atoms with E-state index >= 15 is 0 Å². The summed E-state index contributed by atoms with van der Waals surface area (Å²) in [5.74, 6) is -1.35. The van der Waals surface area contributed by atoms with Crippen LogP contribution in [0.4, 0.5) is 0 Å². The Morgan fingerprint density at radius 2 is 2.25 bits per heavy atom. The lowest BCUT2D eigenvalue weighted by Gasteiger charge is -2.10. The third-order valence-electron chi connectivity index (χ3n) is 2.09. The molecule has 2 N–H and O–H groups in total. The number of aliphatic carboxylic acids is 1. The molecule has 0 aliphatic heterocycles. The molecule has 16 heavy (non-hydrogen) atoms. The first-order valence-corrected chi connectivity index (χ1v) is 6.36. The molecule has 1 amide bonds. The zero-order valence-corrected chi connectivity index (χ0v) is 11.3. The summed E-state index contributed by atoms with van der Waals surface area (Å²) in [6, 6.07) is 0.909. The van der Waals surface area contributed by atoms with Crippen LogP contribution in [-0.4, -0.2) is 23.0 Å². The fourth-order valence-electron chi connectivity index (χ4n) is 1.14. The fourth-order valence-corrected chi connectivity index (χ4v) is 2.58. The minimum absolute atomic E-state index is 0.340. The maximum absolute atomic E-state index is 11.7. The van der Waals surface area contributed by atoms with Crippen molar-refractivity contribution in [3.8, 4) is 0 Å². The van der Waals surface area contributed by atoms with Crippen molar-refractivity contribution in [1.82, 2.24) is 5.32 Å². The van der Waals surface area contributed by atoms with Gasteiger partial charge in [0.25, 0.3) is 5.91 Å². The lowest BCUT2D eigenvalue weighted by atomic mass is 10.2. The van der Waals surface area contributed by atoms with E-state index in [2.05, 4.69) is 21.2 Å². The molecule has 0 aromatic carbocycles. The van der Waals surface area contributed by atoms with Crippen molar-refractivity contribution in [2.75, 3.05) is 0 Å². The number of nitrogens with one attached hydrogen (secondary N) is 1. The summed E-state index contributed by atoms with van der Waals surface area (Å²) >= 11 is 4.62. The molecular formula is C10H12BrNO3S. The van der Waals surface area contributed by atoms with Crippen LogP contribution in [0.25, 0.3) is 0 Å². The molecular weight excluding hydrogens is 294 g/mol. The van der Waals surface area contributed by atoms with Gasteiger partial charge in [-0.25, -0.2) is 4.79 Å². The molecule has 6 heteroatoms. The Hall–Kier alpha value is -0.880. The number of halogens is 1. The van der Waals surface area contributed by atoms with Gasteiger partial charge in [0, 0.05) is 0 Å². The number of carbonyl (C=O) groups excluding carboxylic acids is 1. The number of hydrogen-bond acceptors (Lipinski definition) is 3. The normalized spacial score (nSPS) is 12.2. The highest BCUT2D eigenvalue weighted by Crippen LogP contribution is 2.27. The fraction of sp³-hybridized carbons (Fsp3) is 0.400. The van der Waals surface area contributed by atoms with Gasteiger partial charge in [0.2, 0.25) is 0 Å². The van der Waals surface area contributed by atoms with Gasteiger partial charge in [-0.3, -0.25) is 4.79 Å². The summed E-state index contributed by atoms with van der Waals surface area (Å²) in [5.41, 5.74) is 0.971. The summed E-state index contributed by atoms with van der Waals surface area (Å²) in [7, 11) is 0. The number of carboxylic acids is 1. The van der Waals surface area contributed by atoms with Crippen LogP contribution < -0.4 is 5.32 Å². The molecule has 0 saturated carbocycles. The summed E-state index contributed by atoms with van der Waals surface area (Å²) in [4.78, 5) is 23.0. The minimum Gasteiger partial charge on any atom is -0.480 e. The van der Waals surface area contributed by atoms with Crippen molar-refractivity contribution in [2.45, 2.75) is 26.3 Å². The molecule has 1 aromatic rings.